The Bertz CT molecular complexity index is 152. The highest BCUT2D eigenvalue weighted by Crippen LogP contribution is 2.09. The van der Waals surface area contributed by atoms with Crippen LogP contribution in [-0.4, -0.2) is 38.4 Å². The zero-order chi connectivity index (χ0) is 8.32. The third kappa shape index (κ3) is 1.70. The Morgan fingerprint density at radius 1 is 1.73 bits per heavy atom. The molecule has 64 valence electrons. The highest BCUT2D eigenvalue weighted by Gasteiger charge is 2.36. The number of nitrogens with one attached hydrogen (secondary N) is 1. The van der Waals surface area contributed by atoms with Crippen molar-refractivity contribution in [2.24, 2.45) is 0 Å². The molecule has 0 amide bonds. The van der Waals surface area contributed by atoms with Gasteiger partial charge in [-0.3, -0.25) is 5.32 Å². The van der Waals surface area contributed by atoms with Gasteiger partial charge in [0.2, 0.25) is 0 Å². The summed E-state index contributed by atoms with van der Waals surface area (Å²) in [7, 11) is 1.38. The van der Waals surface area contributed by atoms with Crippen molar-refractivity contribution in [2.45, 2.75) is 12.5 Å². The van der Waals surface area contributed by atoms with Crippen LogP contribution in [0.2, 0.25) is 0 Å². The maximum Gasteiger partial charge on any atom is 0.328 e. The molecular weight excluding hydrogens is 146 g/mol. The molecule has 1 atom stereocenters. The Morgan fingerprint density at radius 2 is 2.45 bits per heavy atom. The molecule has 4 nitrogen and oxygen atoms in total. The third-order valence-corrected chi connectivity index (χ3v) is 1.79. The standard InChI is InChI=1S/C7H13NO3/c1-7(6(9)10-2)5-11-4-3-8-7/h8H,3-5H2,1-2H3/t7-/m1/s1. The first-order chi connectivity index (χ1) is 5.19. The van der Waals surface area contributed by atoms with Crippen LogP contribution in [-0.2, 0) is 14.3 Å². The lowest BCUT2D eigenvalue weighted by atomic mass is 10.0. The van der Waals surface area contributed by atoms with Gasteiger partial charge in [0.15, 0.2) is 0 Å². The van der Waals surface area contributed by atoms with Crippen molar-refractivity contribution in [1.82, 2.24) is 5.32 Å². The minimum atomic E-state index is -0.646. The Labute approximate surface area is 65.9 Å². The van der Waals surface area contributed by atoms with Gasteiger partial charge in [0.1, 0.15) is 5.54 Å². The van der Waals surface area contributed by atoms with Crippen LogP contribution in [0.1, 0.15) is 6.92 Å². The number of morpholine rings is 1. The Hall–Kier alpha value is -0.610. The second-order valence-electron chi connectivity index (χ2n) is 2.80. The van der Waals surface area contributed by atoms with Gasteiger partial charge in [-0.2, -0.15) is 0 Å². The van der Waals surface area contributed by atoms with Crippen LogP contribution in [0.15, 0.2) is 0 Å². The number of hydrogen-bond acceptors (Lipinski definition) is 4. The fourth-order valence-corrected chi connectivity index (χ4v) is 1.08. The number of methoxy groups -OCH3 is 1. The van der Waals surface area contributed by atoms with Gasteiger partial charge in [0, 0.05) is 6.54 Å². The van der Waals surface area contributed by atoms with Gasteiger partial charge in [-0.1, -0.05) is 0 Å². The normalized spacial score (nSPS) is 31.5. The molecule has 4 heteroatoms. The van der Waals surface area contributed by atoms with Gasteiger partial charge >= 0.3 is 5.97 Å². The van der Waals surface area contributed by atoms with Gasteiger partial charge in [-0.15, -0.1) is 0 Å². The van der Waals surface area contributed by atoms with E-state index < -0.39 is 5.54 Å². The highest BCUT2D eigenvalue weighted by molar-refractivity contribution is 5.80. The highest BCUT2D eigenvalue weighted by atomic mass is 16.5. The first-order valence-electron chi connectivity index (χ1n) is 3.60. The Balaban J connectivity index is 2.56. The van der Waals surface area contributed by atoms with E-state index in [1.807, 2.05) is 0 Å². The summed E-state index contributed by atoms with van der Waals surface area (Å²) in [4.78, 5) is 11.1. The summed E-state index contributed by atoms with van der Waals surface area (Å²) in [5, 5.41) is 3.05. The van der Waals surface area contributed by atoms with E-state index in [-0.39, 0.29) is 5.97 Å². The largest absolute Gasteiger partial charge is 0.468 e. The summed E-state index contributed by atoms with van der Waals surface area (Å²) in [5.74, 6) is -0.266. The van der Waals surface area contributed by atoms with Gasteiger partial charge in [0.25, 0.3) is 0 Å². The SMILES string of the molecule is COC(=O)[C@@]1(C)COCCN1. The van der Waals surface area contributed by atoms with E-state index in [1.54, 1.807) is 6.92 Å². The zero-order valence-electron chi connectivity index (χ0n) is 6.85. The van der Waals surface area contributed by atoms with Crippen molar-refractivity contribution in [1.29, 1.82) is 0 Å². The van der Waals surface area contributed by atoms with E-state index in [0.717, 1.165) is 0 Å². The maximum atomic E-state index is 11.1. The molecule has 0 aromatic heterocycles. The fourth-order valence-electron chi connectivity index (χ4n) is 1.08. The van der Waals surface area contributed by atoms with E-state index in [4.69, 9.17) is 4.74 Å². The van der Waals surface area contributed by atoms with E-state index >= 15 is 0 Å². The van der Waals surface area contributed by atoms with Crippen LogP contribution in [0.3, 0.4) is 0 Å². The van der Waals surface area contributed by atoms with E-state index in [9.17, 15) is 4.79 Å². The predicted octanol–water partition coefficient (Wildman–Crippen LogP) is -0.462. The summed E-state index contributed by atoms with van der Waals surface area (Å²) >= 11 is 0. The molecule has 0 unspecified atom stereocenters. The predicted molar refractivity (Wildman–Crippen MR) is 39.2 cm³/mol. The summed E-state index contributed by atoms with van der Waals surface area (Å²) in [6.07, 6.45) is 0. The van der Waals surface area contributed by atoms with Crippen LogP contribution in [0.25, 0.3) is 0 Å². The Morgan fingerprint density at radius 3 is 2.91 bits per heavy atom. The molecule has 1 aliphatic heterocycles. The van der Waals surface area contributed by atoms with Gasteiger partial charge in [0.05, 0.1) is 20.3 Å². The van der Waals surface area contributed by atoms with Crippen molar-refractivity contribution >= 4 is 5.97 Å². The summed E-state index contributed by atoms with van der Waals surface area (Å²) in [6, 6.07) is 0. The minimum absolute atomic E-state index is 0.266. The first kappa shape index (κ1) is 8.49. The topological polar surface area (TPSA) is 47.6 Å². The minimum Gasteiger partial charge on any atom is -0.468 e. The molecule has 11 heavy (non-hydrogen) atoms. The molecule has 1 rings (SSSR count). The molecule has 1 fully saturated rings. The average Bonchev–Trinajstić information content (AvgIpc) is 2.04. The number of hydrogen-bond donors (Lipinski definition) is 1. The number of carbonyl (C=O) groups is 1. The van der Waals surface area contributed by atoms with Crippen molar-refractivity contribution in [3.05, 3.63) is 0 Å². The molecule has 0 saturated carbocycles. The average molecular weight is 159 g/mol. The van der Waals surface area contributed by atoms with E-state index in [0.29, 0.717) is 19.8 Å². The van der Waals surface area contributed by atoms with Crippen molar-refractivity contribution in [3.8, 4) is 0 Å². The molecular formula is C7H13NO3. The lowest BCUT2D eigenvalue weighted by molar-refractivity contribution is -0.152. The maximum absolute atomic E-state index is 11.1. The number of ether oxygens (including phenoxy) is 2. The molecule has 1 saturated heterocycles. The summed E-state index contributed by atoms with van der Waals surface area (Å²) in [6.45, 7) is 3.52. The second-order valence-corrected chi connectivity index (χ2v) is 2.80. The molecule has 1 aliphatic rings. The van der Waals surface area contributed by atoms with Crippen LogP contribution >= 0.6 is 0 Å². The zero-order valence-corrected chi connectivity index (χ0v) is 6.85. The quantitative estimate of drug-likeness (QED) is 0.526. The lowest BCUT2D eigenvalue weighted by Gasteiger charge is -2.31. The Kier molecular flexibility index (Phi) is 2.46. The van der Waals surface area contributed by atoms with Crippen molar-refractivity contribution in [3.63, 3.8) is 0 Å². The molecule has 0 bridgehead atoms. The molecule has 0 aliphatic carbocycles. The second kappa shape index (κ2) is 3.19. The van der Waals surface area contributed by atoms with E-state index in [2.05, 4.69) is 10.1 Å². The number of carbonyl (C=O) groups excluding carboxylic acids is 1. The summed E-state index contributed by atoms with van der Waals surface area (Å²) in [5.41, 5.74) is -0.646. The van der Waals surface area contributed by atoms with Gasteiger partial charge < -0.3 is 9.47 Å². The van der Waals surface area contributed by atoms with E-state index in [1.165, 1.54) is 7.11 Å². The molecule has 0 radical (unpaired) electrons. The van der Waals surface area contributed by atoms with Crippen molar-refractivity contribution < 1.29 is 14.3 Å². The van der Waals surface area contributed by atoms with Crippen LogP contribution in [0.5, 0.6) is 0 Å². The molecule has 0 aromatic rings. The monoisotopic (exact) mass is 159 g/mol. The summed E-state index contributed by atoms with van der Waals surface area (Å²) < 4.78 is 9.76. The van der Waals surface area contributed by atoms with Gasteiger partial charge in [-0.05, 0) is 6.92 Å². The van der Waals surface area contributed by atoms with Crippen LogP contribution in [0.4, 0.5) is 0 Å². The first-order valence-corrected chi connectivity index (χ1v) is 3.60. The third-order valence-electron chi connectivity index (χ3n) is 1.79. The smallest absolute Gasteiger partial charge is 0.328 e. The molecule has 0 spiro atoms. The van der Waals surface area contributed by atoms with Gasteiger partial charge in [-0.25, -0.2) is 4.79 Å². The lowest BCUT2D eigenvalue weighted by Crippen LogP contribution is -2.57. The number of esters is 1. The molecule has 1 N–H and O–H groups in total. The van der Waals surface area contributed by atoms with Crippen molar-refractivity contribution in [2.75, 3.05) is 26.9 Å². The van der Waals surface area contributed by atoms with Crippen LogP contribution < -0.4 is 5.32 Å². The number of rotatable bonds is 1. The van der Waals surface area contributed by atoms with Crippen LogP contribution in [0, 0.1) is 0 Å². The molecule has 0 aromatic carbocycles. The fraction of sp³-hybridized carbons (Fsp3) is 0.857. The molecule has 1 heterocycles.